The number of rotatable bonds is 9. The third-order valence-electron chi connectivity index (χ3n) is 6.97. The standard InChI is InChI=1S/C26H30N4O5/c1-26(21-8-3-4-9-23(21)28(2)25(26)33)14-24(32)18(7-5-6-12-31)16-29-11-10-22-19(17-29)13-20(15-27-22)30(34)35/h3-4,7-9,13,15,31H,5-6,10-12,14,16-17H2,1-2H3/b18-7-. The second kappa shape index (κ2) is 10.1. The van der Waals surface area contributed by atoms with Crippen molar-refractivity contribution in [3.05, 3.63) is 75.1 Å². The molecule has 2 aliphatic rings. The Bertz CT molecular complexity index is 1190. The number of pyridine rings is 1. The molecule has 0 spiro atoms. The number of hydrogen-bond donors (Lipinski definition) is 1. The van der Waals surface area contributed by atoms with Gasteiger partial charge in [0.1, 0.15) is 6.20 Å². The van der Waals surface area contributed by atoms with Gasteiger partial charge in [-0.3, -0.25) is 29.6 Å². The fraction of sp³-hybridized carbons (Fsp3) is 0.423. The number of nitrogens with zero attached hydrogens (tertiary/aromatic N) is 4. The average molecular weight is 479 g/mol. The van der Waals surface area contributed by atoms with Gasteiger partial charge in [0.05, 0.1) is 10.3 Å². The fourth-order valence-electron chi connectivity index (χ4n) is 5.01. The van der Waals surface area contributed by atoms with E-state index in [0.717, 1.165) is 22.5 Å². The van der Waals surface area contributed by atoms with Crippen molar-refractivity contribution in [3.63, 3.8) is 0 Å². The number of carbonyl (C=O) groups is 2. The lowest BCUT2D eigenvalue weighted by Crippen LogP contribution is -2.39. The summed E-state index contributed by atoms with van der Waals surface area (Å²) in [5.74, 6) is -0.209. The van der Waals surface area contributed by atoms with E-state index in [0.29, 0.717) is 44.5 Å². The molecule has 1 aromatic carbocycles. The van der Waals surface area contributed by atoms with Gasteiger partial charge in [0.15, 0.2) is 5.78 Å². The van der Waals surface area contributed by atoms with E-state index >= 15 is 0 Å². The van der Waals surface area contributed by atoms with Gasteiger partial charge in [0, 0.05) is 69.2 Å². The highest BCUT2D eigenvalue weighted by molar-refractivity contribution is 6.11. The molecule has 0 bridgehead atoms. The molecule has 3 heterocycles. The normalized spacial score (nSPS) is 20.0. The molecular formula is C26H30N4O5. The predicted molar refractivity (Wildman–Crippen MR) is 131 cm³/mol. The number of unbranched alkanes of at least 4 members (excludes halogenated alkanes) is 1. The van der Waals surface area contributed by atoms with Crippen LogP contribution in [0.15, 0.2) is 48.2 Å². The van der Waals surface area contributed by atoms with Crippen molar-refractivity contribution in [2.45, 2.75) is 44.6 Å². The van der Waals surface area contributed by atoms with E-state index < -0.39 is 10.3 Å². The third kappa shape index (κ3) is 4.87. The Morgan fingerprint density at radius 3 is 2.86 bits per heavy atom. The summed E-state index contributed by atoms with van der Waals surface area (Å²) in [6.07, 6.45) is 4.92. The Kier molecular flexibility index (Phi) is 7.09. The van der Waals surface area contributed by atoms with Gasteiger partial charge >= 0.3 is 0 Å². The number of ketones is 1. The predicted octanol–water partition coefficient (Wildman–Crippen LogP) is 2.94. The fourth-order valence-corrected chi connectivity index (χ4v) is 5.01. The van der Waals surface area contributed by atoms with E-state index in [1.54, 1.807) is 18.0 Å². The van der Waals surface area contributed by atoms with Crippen molar-refractivity contribution < 1.29 is 19.6 Å². The SMILES string of the molecule is CN1C(=O)C(C)(CC(=O)/C(=C\CCCO)CN2CCc3ncc([N+](=O)[O-])cc3C2)c2ccccc21. The largest absolute Gasteiger partial charge is 0.396 e. The second-order valence-corrected chi connectivity index (χ2v) is 9.43. The van der Waals surface area contributed by atoms with Crippen molar-refractivity contribution in [1.29, 1.82) is 0 Å². The Morgan fingerprint density at radius 1 is 1.34 bits per heavy atom. The molecule has 9 nitrogen and oxygen atoms in total. The maximum absolute atomic E-state index is 13.6. The third-order valence-corrected chi connectivity index (χ3v) is 6.97. The zero-order valence-corrected chi connectivity index (χ0v) is 20.1. The molecule has 0 fully saturated rings. The molecule has 2 aliphatic heterocycles. The van der Waals surface area contributed by atoms with Crippen molar-refractivity contribution >= 4 is 23.1 Å². The summed E-state index contributed by atoms with van der Waals surface area (Å²) in [6, 6.07) is 9.10. The summed E-state index contributed by atoms with van der Waals surface area (Å²) in [4.78, 5) is 45.4. The Labute approximate surface area is 204 Å². The van der Waals surface area contributed by atoms with Crippen molar-refractivity contribution in [2.24, 2.45) is 0 Å². The molecule has 35 heavy (non-hydrogen) atoms. The van der Waals surface area contributed by atoms with Crippen LogP contribution in [0.1, 0.15) is 43.0 Å². The number of aromatic nitrogens is 1. The first-order valence-electron chi connectivity index (χ1n) is 11.8. The van der Waals surface area contributed by atoms with Gasteiger partial charge in [-0.2, -0.15) is 0 Å². The molecule has 1 atom stereocenters. The molecule has 1 amide bonds. The van der Waals surface area contributed by atoms with Gasteiger partial charge in [-0.25, -0.2) is 0 Å². The first-order chi connectivity index (χ1) is 16.7. The number of carbonyl (C=O) groups excluding carboxylic acids is 2. The average Bonchev–Trinajstić information content (AvgIpc) is 3.04. The summed E-state index contributed by atoms with van der Waals surface area (Å²) in [6.45, 7) is 3.34. The van der Waals surface area contributed by atoms with Crippen LogP contribution >= 0.6 is 0 Å². The van der Waals surface area contributed by atoms with Gasteiger partial charge in [-0.1, -0.05) is 24.3 Å². The van der Waals surface area contributed by atoms with Gasteiger partial charge in [-0.15, -0.1) is 0 Å². The van der Waals surface area contributed by atoms with Crippen molar-refractivity contribution in [2.75, 3.05) is 31.6 Å². The molecule has 184 valence electrons. The summed E-state index contributed by atoms with van der Waals surface area (Å²) < 4.78 is 0. The molecule has 1 N–H and O–H groups in total. The zero-order valence-electron chi connectivity index (χ0n) is 20.1. The lowest BCUT2D eigenvalue weighted by Gasteiger charge is -2.29. The Balaban J connectivity index is 1.55. The molecule has 0 aliphatic carbocycles. The minimum absolute atomic E-state index is 0.0266. The van der Waals surface area contributed by atoms with E-state index in [2.05, 4.69) is 9.88 Å². The number of aliphatic hydroxyl groups excluding tert-OH is 1. The zero-order chi connectivity index (χ0) is 25.2. The maximum atomic E-state index is 13.6. The molecule has 9 heteroatoms. The van der Waals surface area contributed by atoms with Gasteiger partial charge < -0.3 is 10.0 Å². The maximum Gasteiger partial charge on any atom is 0.287 e. The summed E-state index contributed by atoms with van der Waals surface area (Å²) >= 11 is 0. The van der Waals surface area contributed by atoms with Crippen LogP contribution in [0.2, 0.25) is 0 Å². The van der Waals surface area contributed by atoms with E-state index in [1.807, 2.05) is 37.3 Å². The number of nitro groups is 1. The summed E-state index contributed by atoms with van der Waals surface area (Å²) in [5, 5.41) is 20.4. The van der Waals surface area contributed by atoms with Crippen LogP contribution in [-0.4, -0.2) is 58.3 Å². The molecule has 0 radical (unpaired) electrons. The number of fused-ring (bicyclic) bond motifs is 2. The number of benzene rings is 1. The number of likely N-dealkylation sites (N-methyl/N-ethyl adjacent to an activating group) is 1. The first-order valence-corrected chi connectivity index (χ1v) is 11.8. The Hall–Kier alpha value is -3.43. The molecule has 0 saturated heterocycles. The quantitative estimate of drug-likeness (QED) is 0.255. The van der Waals surface area contributed by atoms with Gasteiger partial charge in [-0.05, 0) is 37.0 Å². The molecule has 1 aromatic heterocycles. The topological polar surface area (TPSA) is 117 Å². The highest BCUT2D eigenvalue weighted by Gasteiger charge is 2.47. The van der Waals surface area contributed by atoms with Crippen LogP contribution < -0.4 is 4.90 Å². The molecule has 4 rings (SSSR count). The number of hydrogen-bond acceptors (Lipinski definition) is 7. The monoisotopic (exact) mass is 478 g/mol. The van der Waals surface area contributed by atoms with Crippen LogP contribution in [0, 0.1) is 10.1 Å². The van der Waals surface area contributed by atoms with Crippen molar-refractivity contribution in [3.8, 4) is 0 Å². The molecule has 0 saturated carbocycles. The van der Waals surface area contributed by atoms with Crippen molar-refractivity contribution in [1.82, 2.24) is 9.88 Å². The van der Waals surface area contributed by atoms with E-state index in [9.17, 15) is 24.8 Å². The van der Waals surface area contributed by atoms with Crippen LogP contribution in [-0.2, 0) is 28.0 Å². The van der Waals surface area contributed by atoms with E-state index in [-0.39, 0.29) is 30.4 Å². The highest BCUT2D eigenvalue weighted by atomic mass is 16.6. The van der Waals surface area contributed by atoms with Gasteiger partial charge in [0.25, 0.3) is 5.69 Å². The number of anilines is 1. The molecule has 2 aromatic rings. The minimum atomic E-state index is -0.947. The summed E-state index contributed by atoms with van der Waals surface area (Å²) in [5.41, 5.74) is 2.91. The van der Waals surface area contributed by atoms with E-state index in [4.69, 9.17) is 0 Å². The Morgan fingerprint density at radius 2 is 2.11 bits per heavy atom. The minimum Gasteiger partial charge on any atom is -0.396 e. The number of Topliss-reactive ketones (excluding diaryl/α,β-unsaturated/α-hetero) is 1. The van der Waals surface area contributed by atoms with Crippen LogP contribution in [0.3, 0.4) is 0 Å². The van der Waals surface area contributed by atoms with Gasteiger partial charge in [0.2, 0.25) is 5.91 Å². The number of aliphatic hydroxyl groups is 1. The van der Waals surface area contributed by atoms with Crippen LogP contribution in [0.25, 0.3) is 0 Å². The first kappa shape index (κ1) is 24.7. The number of allylic oxidation sites excluding steroid dienone is 1. The smallest absolute Gasteiger partial charge is 0.287 e. The number of amides is 1. The second-order valence-electron chi connectivity index (χ2n) is 9.43. The lowest BCUT2D eigenvalue weighted by atomic mass is 9.78. The highest BCUT2D eigenvalue weighted by Crippen LogP contribution is 2.43. The number of para-hydroxylation sites is 1. The molecular weight excluding hydrogens is 448 g/mol. The van der Waals surface area contributed by atoms with Crippen LogP contribution in [0.5, 0.6) is 0 Å². The van der Waals surface area contributed by atoms with Crippen LogP contribution in [0.4, 0.5) is 11.4 Å². The lowest BCUT2D eigenvalue weighted by molar-refractivity contribution is -0.385. The summed E-state index contributed by atoms with van der Waals surface area (Å²) in [7, 11) is 1.73. The van der Waals surface area contributed by atoms with E-state index in [1.165, 1.54) is 6.20 Å². The molecule has 1 unspecified atom stereocenters.